The molecule has 11 heavy (non-hydrogen) atoms. The minimum absolute atomic E-state index is 0.370. The zero-order valence-corrected chi connectivity index (χ0v) is 6.67. The van der Waals surface area contributed by atoms with Crippen molar-refractivity contribution in [2.45, 2.75) is 13.8 Å². The van der Waals surface area contributed by atoms with E-state index in [9.17, 15) is 9.18 Å². The van der Waals surface area contributed by atoms with E-state index in [0.717, 1.165) is 0 Å². The molecule has 0 fully saturated rings. The van der Waals surface area contributed by atoms with Gasteiger partial charge in [-0.1, -0.05) is 26.0 Å². The zero-order chi connectivity index (χ0) is 8.69. The minimum Gasteiger partial charge on any atom is -0.298 e. The van der Waals surface area contributed by atoms with Crippen LogP contribution in [0.1, 0.15) is 24.2 Å². The van der Waals surface area contributed by atoms with E-state index in [0.29, 0.717) is 11.8 Å². The largest absolute Gasteiger partial charge is 0.298 e. The van der Waals surface area contributed by atoms with Crippen molar-refractivity contribution in [3.8, 4) is 0 Å². The average Bonchev–Trinajstić information content (AvgIpc) is 2.08. The summed E-state index contributed by atoms with van der Waals surface area (Å²) in [6.45, 7) is 4.00. The number of halogens is 1. The Balaban J connectivity index is 0.000000461. The standard InChI is InChI=1S/C7H5FO.C2H6/c8-7-3-1-2-6(4-7)5-9;1-2/h1-5H;1-2H3. The Morgan fingerprint density at radius 3 is 2.36 bits per heavy atom. The molecule has 0 saturated carbocycles. The van der Waals surface area contributed by atoms with E-state index in [1.54, 1.807) is 6.07 Å². The first-order valence-electron chi connectivity index (χ1n) is 3.53. The van der Waals surface area contributed by atoms with Crippen LogP contribution in [0.25, 0.3) is 0 Å². The third-order valence-electron chi connectivity index (χ3n) is 0.985. The molecule has 1 aromatic rings. The van der Waals surface area contributed by atoms with E-state index in [1.807, 2.05) is 13.8 Å². The van der Waals surface area contributed by atoms with E-state index in [1.165, 1.54) is 18.2 Å². The number of benzene rings is 1. The normalized spacial score (nSPS) is 7.91. The van der Waals surface area contributed by atoms with E-state index in [4.69, 9.17) is 0 Å². The highest BCUT2D eigenvalue weighted by Gasteiger charge is 1.89. The van der Waals surface area contributed by atoms with Gasteiger partial charge in [0, 0.05) is 5.56 Å². The minimum atomic E-state index is -0.375. The van der Waals surface area contributed by atoms with Gasteiger partial charge in [0.25, 0.3) is 0 Å². The molecule has 0 bridgehead atoms. The molecule has 0 amide bonds. The lowest BCUT2D eigenvalue weighted by atomic mass is 10.2. The molecular weight excluding hydrogens is 143 g/mol. The van der Waals surface area contributed by atoms with Crippen LogP contribution in [0.5, 0.6) is 0 Å². The number of carbonyl (C=O) groups is 1. The second kappa shape index (κ2) is 5.59. The maximum Gasteiger partial charge on any atom is 0.150 e. The van der Waals surface area contributed by atoms with Gasteiger partial charge >= 0.3 is 0 Å². The van der Waals surface area contributed by atoms with E-state index >= 15 is 0 Å². The molecule has 0 aliphatic carbocycles. The molecule has 0 N–H and O–H groups in total. The summed E-state index contributed by atoms with van der Waals surface area (Å²) in [7, 11) is 0. The summed E-state index contributed by atoms with van der Waals surface area (Å²) in [6.07, 6.45) is 0.614. The molecule has 1 aromatic carbocycles. The Kier molecular flexibility index (Phi) is 4.99. The Bertz CT molecular complexity index is 221. The zero-order valence-electron chi connectivity index (χ0n) is 6.67. The summed E-state index contributed by atoms with van der Waals surface area (Å²) < 4.78 is 12.2. The molecule has 0 aliphatic rings. The topological polar surface area (TPSA) is 17.1 Å². The van der Waals surface area contributed by atoms with E-state index in [2.05, 4.69) is 0 Å². The molecular formula is C9H11FO. The molecule has 0 radical (unpaired) electrons. The van der Waals surface area contributed by atoms with Crippen molar-refractivity contribution in [2.24, 2.45) is 0 Å². The quantitative estimate of drug-likeness (QED) is 0.568. The van der Waals surface area contributed by atoms with Crippen LogP contribution in [0.15, 0.2) is 24.3 Å². The van der Waals surface area contributed by atoms with Gasteiger partial charge in [-0.3, -0.25) is 4.79 Å². The number of hydrogen-bond acceptors (Lipinski definition) is 1. The third kappa shape index (κ3) is 3.50. The molecule has 0 aromatic heterocycles. The summed E-state index contributed by atoms with van der Waals surface area (Å²) >= 11 is 0. The number of carbonyl (C=O) groups excluding carboxylic acids is 1. The molecule has 2 heteroatoms. The molecule has 60 valence electrons. The first-order valence-corrected chi connectivity index (χ1v) is 3.53. The van der Waals surface area contributed by atoms with E-state index < -0.39 is 0 Å². The summed E-state index contributed by atoms with van der Waals surface area (Å²) in [5, 5.41) is 0. The van der Waals surface area contributed by atoms with Gasteiger partial charge in [-0.25, -0.2) is 4.39 Å². The summed E-state index contributed by atoms with van der Waals surface area (Å²) in [6, 6.07) is 5.54. The first kappa shape index (κ1) is 9.82. The number of hydrogen-bond donors (Lipinski definition) is 0. The molecule has 0 saturated heterocycles. The van der Waals surface area contributed by atoms with Crippen LogP contribution in [-0.4, -0.2) is 6.29 Å². The van der Waals surface area contributed by atoms with Gasteiger partial charge in [0.1, 0.15) is 12.1 Å². The monoisotopic (exact) mass is 154 g/mol. The molecule has 0 heterocycles. The van der Waals surface area contributed by atoms with Gasteiger partial charge in [0.2, 0.25) is 0 Å². The molecule has 0 atom stereocenters. The fraction of sp³-hybridized carbons (Fsp3) is 0.222. The van der Waals surface area contributed by atoms with Gasteiger partial charge in [0.15, 0.2) is 0 Å². The number of rotatable bonds is 1. The SMILES string of the molecule is CC.O=Cc1cccc(F)c1. The second-order valence-electron chi connectivity index (χ2n) is 1.67. The lowest BCUT2D eigenvalue weighted by Gasteiger charge is -1.86. The summed E-state index contributed by atoms with van der Waals surface area (Å²) in [4.78, 5) is 9.99. The Labute approximate surface area is 65.9 Å². The van der Waals surface area contributed by atoms with Crippen LogP contribution in [0.4, 0.5) is 4.39 Å². The van der Waals surface area contributed by atoms with Crippen molar-refractivity contribution in [1.29, 1.82) is 0 Å². The van der Waals surface area contributed by atoms with Gasteiger partial charge in [-0.15, -0.1) is 0 Å². The van der Waals surface area contributed by atoms with Crippen LogP contribution in [0, 0.1) is 5.82 Å². The molecule has 0 unspecified atom stereocenters. The Hall–Kier alpha value is -1.18. The van der Waals surface area contributed by atoms with Crippen molar-refractivity contribution in [1.82, 2.24) is 0 Å². The van der Waals surface area contributed by atoms with Crippen molar-refractivity contribution in [3.63, 3.8) is 0 Å². The predicted octanol–water partition coefficient (Wildman–Crippen LogP) is 2.66. The van der Waals surface area contributed by atoms with Crippen LogP contribution >= 0.6 is 0 Å². The summed E-state index contributed by atoms with van der Waals surface area (Å²) in [5.41, 5.74) is 0.370. The van der Waals surface area contributed by atoms with Crippen LogP contribution in [-0.2, 0) is 0 Å². The molecule has 1 nitrogen and oxygen atoms in total. The van der Waals surface area contributed by atoms with Crippen molar-refractivity contribution < 1.29 is 9.18 Å². The van der Waals surface area contributed by atoms with Gasteiger partial charge in [-0.2, -0.15) is 0 Å². The van der Waals surface area contributed by atoms with Crippen molar-refractivity contribution >= 4 is 6.29 Å². The molecule has 0 spiro atoms. The fourth-order valence-electron chi connectivity index (χ4n) is 0.580. The van der Waals surface area contributed by atoms with Crippen molar-refractivity contribution in [3.05, 3.63) is 35.6 Å². The van der Waals surface area contributed by atoms with Gasteiger partial charge < -0.3 is 0 Å². The maximum absolute atomic E-state index is 12.2. The highest BCUT2D eigenvalue weighted by Crippen LogP contribution is 1.99. The van der Waals surface area contributed by atoms with Crippen LogP contribution in [0.3, 0.4) is 0 Å². The second-order valence-corrected chi connectivity index (χ2v) is 1.67. The van der Waals surface area contributed by atoms with Crippen LogP contribution in [0.2, 0.25) is 0 Å². The lowest BCUT2D eigenvalue weighted by Crippen LogP contribution is -1.79. The molecule has 0 aliphatic heterocycles. The third-order valence-corrected chi connectivity index (χ3v) is 0.985. The maximum atomic E-state index is 12.2. The average molecular weight is 154 g/mol. The highest BCUT2D eigenvalue weighted by molar-refractivity contribution is 5.74. The fourth-order valence-corrected chi connectivity index (χ4v) is 0.580. The Morgan fingerprint density at radius 1 is 1.36 bits per heavy atom. The number of aldehydes is 1. The van der Waals surface area contributed by atoms with Crippen molar-refractivity contribution in [2.75, 3.05) is 0 Å². The first-order chi connectivity index (χ1) is 5.33. The smallest absolute Gasteiger partial charge is 0.150 e. The van der Waals surface area contributed by atoms with Crippen LogP contribution < -0.4 is 0 Å². The van der Waals surface area contributed by atoms with E-state index in [-0.39, 0.29) is 5.82 Å². The highest BCUT2D eigenvalue weighted by atomic mass is 19.1. The predicted molar refractivity (Wildman–Crippen MR) is 43.1 cm³/mol. The van der Waals surface area contributed by atoms with Gasteiger partial charge in [-0.05, 0) is 12.1 Å². The Morgan fingerprint density at radius 2 is 2.00 bits per heavy atom. The molecule has 1 rings (SSSR count). The lowest BCUT2D eigenvalue weighted by molar-refractivity contribution is 0.112. The summed E-state index contributed by atoms with van der Waals surface area (Å²) in [5.74, 6) is -0.375. The van der Waals surface area contributed by atoms with Gasteiger partial charge in [0.05, 0.1) is 0 Å².